The van der Waals surface area contributed by atoms with Crippen LogP contribution >= 0.6 is 0 Å². The van der Waals surface area contributed by atoms with Gasteiger partial charge in [-0.1, -0.05) is 0 Å². The number of amides is 2. The number of nitrogens with zero attached hydrogens (tertiary/aromatic N) is 4. The van der Waals surface area contributed by atoms with Gasteiger partial charge in [0, 0.05) is 57.0 Å². The first-order valence-corrected chi connectivity index (χ1v) is 12.8. The van der Waals surface area contributed by atoms with Gasteiger partial charge in [-0.15, -0.1) is 0 Å². The number of halogens is 3. The normalized spacial score (nSPS) is 11.5. The van der Waals surface area contributed by atoms with Gasteiger partial charge in [0.2, 0.25) is 18.1 Å². The molecular weight excluding hydrogens is 591 g/mol. The van der Waals surface area contributed by atoms with Crippen LogP contribution in [0.4, 0.5) is 36.3 Å². The number of aldehydes is 1. The van der Waals surface area contributed by atoms with E-state index in [2.05, 4.69) is 37.3 Å². The summed E-state index contributed by atoms with van der Waals surface area (Å²) in [6, 6.07) is 5.81. The van der Waals surface area contributed by atoms with E-state index in [1.54, 1.807) is 30.5 Å². The number of nitrogens with one attached hydrogen (secondary N) is 3. The molecule has 1 unspecified atom stereocenters. The summed E-state index contributed by atoms with van der Waals surface area (Å²) in [6.07, 6.45) is -3.47. The van der Waals surface area contributed by atoms with Crippen molar-refractivity contribution in [2.45, 2.75) is 31.5 Å². The number of nitrogen functional groups attached to an aromatic ring is 1. The van der Waals surface area contributed by atoms with Crippen LogP contribution in [0.1, 0.15) is 29.6 Å². The van der Waals surface area contributed by atoms with Crippen LogP contribution in [0.25, 0.3) is 0 Å². The molecule has 1 heterocycles. The summed E-state index contributed by atoms with van der Waals surface area (Å²) < 4.78 is 36.0. The van der Waals surface area contributed by atoms with Crippen LogP contribution in [-0.2, 0) is 19.1 Å². The van der Waals surface area contributed by atoms with Gasteiger partial charge in [0.1, 0.15) is 6.04 Å². The minimum Gasteiger partial charge on any atom is -0.467 e. The fraction of sp³-hybridized carbons (Fsp3) is 0.385. The highest BCUT2D eigenvalue weighted by molar-refractivity contribution is 5.97. The number of nitrogens with two attached hydrogens (primary N) is 2. The maximum Gasteiger partial charge on any atom is 0.446 e. The van der Waals surface area contributed by atoms with Crippen molar-refractivity contribution in [2.75, 3.05) is 44.4 Å². The number of methoxy groups -OCH3 is 1. The molecule has 0 bridgehead atoms. The first-order valence-electron chi connectivity index (χ1n) is 12.8. The third-order valence-electron chi connectivity index (χ3n) is 5.48. The molecule has 1 aromatic carbocycles. The fourth-order valence-electron chi connectivity index (χ4n) is 3.31. The Hall–Kier alpha value is -5.13. The maximum absolute atomic E-state index is 12.7. The third-order valence-corrected chi connectivity index (χ3v) is 5.48. The molecule has 0 saturated carbocycles. The van der Waals surface area contributed by atoms with Crippen molar-refractivity contribution in [2.24, 2.45) is 15.7 Å². The smallest absolute Gasteiger partial charge is 0.446 e. The number of benzene rings is 1. The van der Waals surface area contributed by atoms with Gasteiger partial charge in [-0.3, -0.25) is 29.2 Å². The fourth-order valence-corrected chi connectivity index (χ4v) is 3.31. The number of carbonyl (C=O) groups is 4. The Kier molecular flexibility index (Phi) is 15.4. The predicted molar refractivity (Wildman–Crippen MR) is 158 cm³/mol. The quantitative estimate of drug-likeness (QED) is 0.113. The van der Waals surface area contributed by atoms with Crippen molar-refractivity contribution in [3.63, 3.8) is 0 Å². The van der Waals surface area contributed by atoms with Crippen LogP contribution in [0.2, 0.25) is 0 Å². The van der Waals surface area contributed by atoms with Crippen molar-refractivity contribution < 1.29 is 37.1 Å². The van der Waals surface area contributed by atoms with Gasteiger partial charge in [-0.05, 0) is 37.4 Å². The van der Waals surface area contributed by atoms with Crippen LogP contribution in [0.5, 0.6) is 0 Å². The Labute approximate surface area is 250 Å². The number of H-pyrrole nitrogens is 1. The molecule has 0 fully saturated rings. The number of hydrogen-bond acceptors (Lipinski definition) is 12. The van der Waals surface area contributed by atoms with E-state index in [-0.39, 0.29) is 36.2 Å². The number of alkyl halides is 3. The Morgan fingerprint density at radius 3 is 2.43 bits per heavy atom. The summed E-state index contributed by atoms with van der Waals surface area (Å²) in [6.45, 7) is 4.55. The molecule has 2 amide bonds. The van der Waals surface area contributed by atoms with Gasteiger partial charge in [-0.25, -0.2) is 9.79 Å². The van der Waals surface area contributed by atoms with Crippen LogP contribution in [-0.4, -0.2) is 93.0 Å². The number of aromatic nitrogens is 2. The summed E-state index contributed by atoms with van der Waals surface area (Å²) in [5.41, 5.74) is 11.6. The topological polar surface area (TPSA) is 227 Å². The number of hydrogen-bond donors (Lipinski definition) is 5. The number of aromatic amines is 1. The van der Waals surface area contributed by atoms with E-state index in [9.17, 15) is 32.3 Å². The van der Waals surface area contributed by atoms with Crippen molar-refractivity contribution in [1.29, 1.82) is 0 Å². The number of anilines is 2. The van der Waals surface area contributed by atoms with Crippen LogP contribution in [0.3, 0.4) is 0 Å². The lowest BCUT2D eigenvalue weighted by atomic mass is 10.1. The van der Waals surface area contributed by atoms with Crippen molar-refractivity contribution in [3.8, 4) is 0 Å². The summed E-state index contributed by atoms with van der Waals surface area (Å²) in [5, 5.41) is 5.23. The molecule has 7 N–H and O–H groups in total. The number of rotatable bonds is 14. The van der Waals surface area contributed by atoms with Gasteiger partial charge < -0.3 is 31.7 Å². The summed E-state index contributed by atoms with van der Waals surface area (Å²) in [4.78, 5) is 73.2. The minimum absolute atomic E-state index is 0.0121. The zero-order valence-electron chi connectivity index (χ0n) is 24.0. The zero-order valence-corrected chi connectivity index (χ0v) is 24.0. The van der Waals surface area contributed by atoms with Gasteiger partial charge in [-0.2, -0.15) is 18.2 Å². The van der Waals surface area contributed by atoms with E-state index in [1.165, 1.54) is 7.11 Å². The van der Waals surface area contributed by atoms with Crippen LogP contribution in [0, 0.1) is 0 Å². The molecule has 1 atom stereocenters. The summed E-state index contributed by atoms with van der Waals surface area (Å²) in [7, 11) is 3.08. The highest BCUT2D eigenvalue weighted by atomic mass is 19.4. The van der Waals surface area contributed by atoms with Crippen molar-refractivity contribution >= 4 is 60.1 Å². The molecule has 44 heavy (non-hydrogen) atoms. The first-order chi connectivity index (χ1) is 20.8. The second-order valence-electron chi connectivity index (χ2n) is 8.74. The molecular formula is C26H34F3N9O6. The third kappa shape index (κ3) is 13.2. The molecule has 15 nitrogen and oxygen atoms in total. The summed E-state index contributed by atoms with van der Waals surface area (Å²) in [5.74, 6) is -1.37. The molecule has 2 rings (SSSR count). The second kappa shape index (κ2) is 18.4. The van der Waals surface area contributed by atoms with Crippen molar-refractivity contribution in [1.82, 2.24) is 20.6 Å². The van der Waals surface area contributed by atoms with E-state index < -0.39 is 35.9 Å². The van der Waals surface area contributed by atoms with Gasteiger partial charge in [0.15, 0.2) is 11.5 Å². The SMILES string of the molecule is C=Nc1c(/N=C\CCN(C)c2ccc(C(=O)NC(CCC(=O)NCCN)C(=O)OC)cc2)nc(N)[nH]c1=O.O=CC(F)(F)F. The Morgan fingerprint density at radius 1 is 1.25 bits per heavy atom. The second-order valence-corrected chi connectivity index (χ2v) is 8.74. The molecule has 1 aromatic heterocycles. The molecule has 0 spiro atoms. The molecule has 0 radical (unpaired) electrons. The van der Waals surface area contributed by atoms with Crippen LogP contribution in [0.15, 0.2) is 39.0 Å². The monoisotopic (exact) mass is 625 g/mol. The molecule has 240 valence electrons. The minimum atomic E-state index is -4.64. The number of carbonyl (C=O) groups excluding carboxylic acids is 4. The maximum atomic E-state index is 12.7. The van der Waals surface area contributed by atoms with E-state index in [0.29, 0.717) is 31.6 Å². The standard InChI is InChI=1S/C24H33N9O5.C2HF3O/c1-27-19-20(31-24(26)32-22(19)36)29-12-4-14-33(2)16-7-5-15(6-8-16)21(35)30-17(23(37)38-3)9-10-18(34)28-13-11-25;3-2(4,5)1-6/h5-8,12,17H,1,4,9-11,13-14,25H2,2-3H3,(H,28,34)(H,30,35)(H3,26,31,32,36);1H/b29-12-;. The Bertz CT molecular complexity index is 1360. The van der Waals surface area contributed by atoms with E-state index in [4.69, 9.17) is 21.0 Å². The van der Waals surface area contributed by atoms with Crippen molar-refractivity contribution in [3.05, 3.63) is 40.2 Å². The van der Waals surface area contributed by atoms with Gasteiger partial charge >= 0.3 is 12.1 Å². The van der Waals surface area contributed by atoms with E-state index >= 15 is 0 Å². The predicted octanol–water partition coefficient (Wildman–Crippen LogP) is 0.787. The summed E-state index contributed by atoms with van der Waals surface area (Å²) >= 11 is 0. The lowest BCUT2D eigenvalue weighted by Crippen LogP contribution is -2.42. The Morgan fingerprint density at radius 2 is 1.89 bits per heavy atom. The highest BCUT2D eigenvalue weighted by Crippen LogP contribution is 2.20. The van der Waals surface area contributed by atoms with Gasteiger partial charge in [0.05, 0.1) is 7.11 Å². The lowest BCUT2D eigenvalue weighted by molar-refractivity contribution is -0.156. The molecule has 0 aliphatic carbocycles. The molecule has 0 aliphatic heterocycles. The highest BCUT2D eigenvalue weighted by Gasteiger charge is 2.25. The molecule has 18 heteroatoms. The zero-order chi connectivity index (χ0) is 33.3. The Balaban J connectivity index is 0.00000146. The molecule has 2 aromatic rings. The largest absolute Gasteiger partial charge is 0.467 e. The lowest BCUT2D eigenvalue weighted by Gasteiger charge is -2.19. The number of ether oxygens (including phenoxy) is 1. The van der Waals surface area contributed by atoms with E-state index in [0.717, 1.165) is 5.69 Å². The van der Waals surface area contributed by atoms with Gasteiger partial charge in [0.25, 0.3) is 11.5 Å². The van der Waals surface area contributed by atoms with E-state index in [1.807, 2.05) is 11.9 Å². The average molecular weight is 626 g/mol. The van der Waals surface area contributed by atoms with Crippen LogP contribution < -0.4 is 32.6 Å². The first kappa shape index (κ1) is 36.9. The molecule has 0 aliphatic rings. The number of esters is 1. The average Bonchev–Trinajstić information content (AvgIpc) is 2.99. The molecule has 0 saturated heterocycles. The number of aliphatic imine (C=N–C) groups is 2.